The van der Waals surface area contributed by atoms with Crippen LogP contribution in [-0.2, 0) is 23.8 Å². The Kier molecular flexibility index (Phi) is 4.65. The van der Waals surface area contributed by atoms with E-state index in [4.69, 9.17) is 23.2 Å². The number of fused-ring (bicyclic) bond motifs is 1. The van der Waals surface area contributed by atoms with Crippen molar-refractivity contribution >= 4 is 45.0 Å². The minimum Gasteiger partial charge on any atom is -0.327 e. The molecule has 1 unspecified atom stereocenters. The summed E-state index contributed by atoms with van der Waals surface area (Å²) in [5.41, 5.74) is 1.77. The van der Waals surface area contributed by atoms with Crippen LogP contribution in [0.3, 0.4) is 0 Å². The van der Waals surface area contributed by atoms with Gasteiger partial charge in [-0.3, -0.25) is 4.21 Å². The number of nitrogens with zero attached hydrogens (tertiary/aromatic N) is 2. The van der Waals surface area contributed by atoms with Crippen molar-refractivity contribution in [3.05, 3.63) is 29.0 Å². The smallest absolute Gasteiger partial charge is 0.111 e. The molecule has 0 saturated carbocycles. The van der Waals surface area contributed by atoms with Gasteiger partial charge in [0.05, 0.1) is 10.5 Å². The van der Waals surface area contributed by atoms with E-state index in [0.29, 0.717) is 29.6 Å². The Labute approximate surface area is 119 Å². The van der Waals surface area contributed by atoms with Gasteiger partial charge in [0.15, 0.2) is 0 Å². The standard InChI is InChI=1S/C12H14Cl2N2OS/c1-18(17)8-7-16-10-4-2-3-9(14)12(10)15-11(16)5-6-13/h2-4H,5-8H2,1H3. The fourth-order valence-corrected chi connectivity index (χ4v) is 2.73. The van der Waals surface area contributed by atoms with Crippen molar-refractivity contribution < 1.29 is 4.21 Å². The second-order valence-corrected chi connectivity index (χ2v) is 6.34. The van der Waals surface area contributed by atoms with Crippen LogP contribution in [0.25, 0.3) is 11.0 Å². The molecule has 1 atom stereocenters. The fraction of sp³-hybridized carbons (Fsp3) is 0.417. The summed E-state index contributed by atoms with van der Waals surface area (Å²) in [6.45, 7) is 0.673. The summed E-state index contributed by atoms with van der Waals surface area (Å²) in [7, 11) is -0.825. The molecule has 98 valence electrons. The summed E-state index contributed by atoms with van der Waals surface area (Å²) < 4.78 is 13.3. The summed E-state index contributed by atoms with van der Waals surface area (Å²) in [6.07, 6.45) is 2.39. The molecule has 2 aromatic rings. The van der Waals surface area contributed by atoms with Crippen molar-refractivity contribution in [2.75, 3.05) is 17.9 Å². The van der Waals surface area contributed by atoms with Crippen molar-refractivity contribution in [2.24, 2.45) is 0 Å². The maximum atomic E-state index is 11.2. The number of rotatable bonds is 5. The summed E-state index contributed by atoms with van der Waals surface area (Å²) in [4.78, 5) is 4.53. The normalized spacial score (nSPS) is 13.1. The first-order chi connectivity index (χ1) is 8.63. The lowest BCUT2D eigenvalue weighted by Crippen LogP contribution is -2.10. The highest BCUT2D eigenvalue weighted by Crippen LogP contribution is 2.24. The maximum absolute atomic E-state index is 11.2. The number of hydrogen-bond donors (Lipinski definition) is 0. The number of aromatic nitrogens is 2. The Morgan fingerprint density at radius 1 is 1.44 bits per heavy atom. The zero-order chi connectivity index (χ0) is 13.1. The highest BCUT2D eigenvalue weighted by Gasteiger charge is 2.12. The van der Waals surface area contributed by atoms with Crippen LogP contribution in [0.2, 0.25) is 5.02 Å². The lowest BCUT2D eigenvalue weighted by Gasteiger charge is -2.07. The zero-order valence-electron chi connectivity index (χ0n) is 10.0. The van der Waals surface area contributed by atoms with Crippen LogP contribution in [0.5, 0.6) is 0 Å². The number of hydrogen-bond acceptors (Lipinski definition) is 2. The minimum atomic E-state index is -0.825. The van der Waals surface area contributed by atoms with Crippen LogP contribution in [0.15, 0.2) is 18.2 Å². The van der Waals surface area contributed by atoms with Crippen LogP contribution in [0.4, 0.5) is 0 Å². The highest BCUT2D eigenvalue weighted by atomic mass is 35.5. The number of aryl methyl sites for hydroxylation is 2. The van der Waals surface area contributed by atoms with Crippen molar-refractivity contribution in [2.45, 2.75) is 13.0 Å². The van der Waals surface area contributed by atoms with E-state index in [9.17, 15) is 4.21 Å². The molecular weight excluding hydrogens is 291 g/mol. The predicted molar refractivity (Wildman–Crippen MR) is 78.1 cm³/mol. The van der Waals surface area contributed by atoms with Gasteiger partial charge < -0.3 is 4.57 Å². The van der Waals surface area contributed by atoms with Gasteiger partial charge in [-0.2, -0.15) is 0 Å². The van der Waals surface area contributed by atoms with Gasteiger partial charge in [0.2, 0.25) is 0 Å². The van der Waals surface area contributed by atoms with Crippen LogP contribution in [0.1, 0.15) is 5.82 Å². The first-order valence-electron chi connectivity index (χ1n) is 5.63. The highest BCUT2D eigenvalue weighted by molar-refractivity contribution is 7.84. The second-order valence-electron chi connectivity index (χ2n) is 4.00. The fourth-order valence-electron chi connectivity index (χ4n) is 1.91. The van der Waals surface area contributed by atoms with E-state index in [0.717, 1.165) is 16.9 Å². The molecule has 0 bridgehead atoms. The predicted octanol–water partition coefficient (Wildman–Crippen LogP) is 2.85. The molecule has 0 aliphatic carbocycles. The molecule has 0 N–H and O–H groups in total. The summed E-state index contributed by atoms with van der Waals surface area (Å²) in [5.74, 6) is 2.02. The Bertz CT molecular complexity index is 583. The summed E-state index contributed by atoms with van der Waals surface area (Å²) in [6, 6.07) is 5.70. The van der Waals surface area contributed by atoms with Gasteiger partial charge in [0, 0.05) is 41.7 Å². The molecule has 0 aliphatic rings. The molecule has 18 heavy (non-hydrogen) atoms. The molecule has 3 nitrogen and oxygen atoms in total. The Hall–Kier alpha value is -0.580. The van der Waals surface area contributed by atoms with Gasteiger partial charge in [-0.25, -0.2) is 4.98 Å². The van der Waals surface area contributed by atoms with Crippen molar-refractivity contribution in [1.29, 1.82) is 0 Å². The van der Waals surface area contributed by atoms with Crippen LogP contribution < -0.4 is 0 Å². The van der Waals surface area contributed by atoms with E-state index >= 15 is 0 Å². The summed E-state index contributed by atoms with van der Waals surface area (Å²) in [5, 5.41) is 0.639. The lowest BCUT2D eigenvalue weighted by atomic mass is 10.3. The van der Waals surface area contributed by atoms with Gasteiger partial charge in [-0.15, -0.1) is 11.6 Å². The van der Waals surface area contributed by atoms with Crippen molar-refractivity contribution in [3.8, 4) is 0 Å². The maximum Gasteiger partial charge on any atom is 0.111 e. The molecule has 0 radical (unpaired) electrons. The van der Waals surface area contributed by atoms with E-state index in [1.165, 1.54) is 0 Å². The molecule has 0 saturated heterocycles. The molecule has 1 heterocycles. The van der Waals surface area contributed by atoms with Crippen molar-refractivity contribution in [3.63, 3.8) is 0 Å². The van der Waals surface area contributed by atoms with E-state index < -0.39 is 10.8 Å². The van der Waals surface area contributed by atoms with E-state index in [-0.39, 0.29) is 0 Å². The first kappa shape index (κ1) is 13.8. The molecule has 1 aromatic carbocycles. The number of halogens is 2. The Morgan fingerprint density at radius 2 is 2.22 bits per heavy atom. The quantitative estimate of drug-likeness (QED) is 0.796. The SMILES string of the molecule is CS(=O)CCn1c(CCCl)nc2c(Cl)cccc21. The molecule has 2 rings (SSSR count). The van der Waals surface area contributed by atoms with Gasteiger partial charge in [0.1, 0.15) is 11.3 Å². The number of para-hydroxylation sites is 1. The zero-order valence-corrected chi connectivity index (χ0v) is 12.4. The van der Waals surface area contributed by atoms with Gasteiger partial charge in [-0.1, -0.05) is 17.7 Å². The number of benzene rings is 1. The molecule has 0 aliphatic heterocycles. The number of alkyl halides is 1. The van der Waals surface area contributed by atoms with Gasteiger partial charge in [-0.05, 0) is 12.1 Å². The van der Waals surface area contributed by atoms with Crippen molar-refractivity contribution in [1.82, 2.24) is 9.55 Å². The Balaban J connectivity index is 2.48. The van der Waals surface area contributed by atoms with E-state index in [1.54, 1.807) is 6.26 Å². The van der Waals surface area contributed by atoms with Crippen LogP contribution >= 0.6 is 23.2 Å². The molecule has 6 heteroatoms. The Morgan fingerprint density at radius 3 is 2.89 bits per heavy atom. The second kappa shape index (κ2) is 6.04. The van der Waals surface area contributed by atoms with Crippen LogP contribution in [-0.4, -0.2) is 31.6 Å². The molecule has 1 aromatic heterocycles. The molecule has 0 spiro atoms. The topological polar surface area (TPSA) is 34.9 Å². The van der Waals surface area contributed by atoms with Gasteiger partial charge in [0.25, 0.3) is 0 Å². The first-order valence-corrected chi connectivity index (χ1v) is 8.27. The minimum absolute atomic E-state index is 0.510. The summed E-state index contributed by atoms with van der Waals surface area (Å²) >= 11 is 11.9. The van der Waals surface area contributed by atoms with E-state index in [1.807, 2.05) is 18.2 Å². The lowest BCUT2D eigenvalue weighted by molar-refractivity contribution is 0.674. The largest absolute Gasteiger partial charge is 0.327 e. The molecule has 0 amide bonds. The molecular formula is C12H14Cl2N2OS. The average Bonchev–Trinajstić information content (AvgIpc) is 2.66. The number of imidazole rings is 1. The monoisotopic (exact) mass is 304 g/mol. The third kappa shape index (κ3) is 2.87. The van der Waals surface area contributed by atoms with Gasteiger partial charge >= 0.3 is 0 Å². The third-order valence-electron chi connectivity index (χ3n) is 2.73. The van der Waals surface area contributed by atoms with E-state index in [2.05, 4.69) is 9.55 Å². The average molecular weight is 305 g/mol. The molecule has 0 fully saturated rings. The van der Waals surface area contributed by atoms with Crippen LogP contribution in [0, 0.1) is 0 Å². The third-order valence-corrected chi connectivity index (χ3v) is 3.98.